The third kappa shape index (κ3) is 4.99. The minimum atomic E-state index is -0.751. The maximum Gasteiger partial charge on any atom is 0.306 e. The van der Waals surface area contributed by atoms with Crippen LogP contribution in [0.25, 0.3) is 0 Å². The fourth-order valence-corrected chi connectivity index (χ4v) is 3.55. The van der Waals surface area contributed by atoms with Gasteiger partial charge in [0.15, 0.2) is 0 Å². The van der Waals surface area contributed by atoms with Crippen LogP contribution in [0, 0.1) is 17.8 Å². The highest BCUT2D eigenvalue weighted by atomic mass is 16.4. The number of hydrogen-bond donors (Lipinski definition) is 2. The Morgan fingerprint density at radius 1 is 1.14 bits per heavy atom. The SMILES string of the molecule is CN1CCC(CCNC(=O)C2CCCC(C(=O)O)C2)CC1. The molecule has 1 amide bonds. The third-order valence-corrected chi connectivity index (χ3v) is 5.08. The largest absolute Gasteiger partial charge is 0.481 e. The highest BCUT2D eigenvalue weighted by Crippen LogP contribution is 2.29. The zero-order valence-corrected chi connectivity index (χ0v) is 13.0. The smallest absolute Gasteiger partial charge is 0.306 e. The van der Waals surface area contributed by atoms with E-state index in [-0.39, 0.29) is 17.7 Å². The Labute approximate surface area is 127 Å². The summed E-state index contributed by atoms with van der Waals surface area (Å²) >= 11 is 0. The lowest BCUT2D eigenvalue weighted by Gasteiger charge is -2.29. The van der Waals surface area contributed by atoms with Crippen molar-refractivity contribution in [2.45, 2.75) is 44.9 Å². The van der Waals surface area contributed by atoms with Crippen LogP contribution in [0.15, 0.2) is 0 Å². The van der Waals surface area contributed by atoms with Crippen molar-refractivity contribution in [3.63, 3.8) is 0 Å². The Hall–Kier alpha value is -1.10. The van der Waals surface area contributed by atoms with E-state index >= 15 is 0 Å². The first-order valence-electron chi connectivity index (χ1n) is 8.25. The van der Waals surface area contributed by atoms with Gasteiger partial charge in [0.25, 0.3) is 0 Å². The van der Waals surface area contributed by atoms with E-state index in [2.05, 4.69) is 17.3 Å². The number of carboxylic acids is 1. The summed E-state index contributed by atoms with van der Waals surface area (Å²) in [6.07, 6.45) is 6.40. The molecule has 0 bridgehead atoms. The van der Waals surface area contributed by atoms with Crippen LogP contribution in [0.2, 0.25) is 0 Å². The van der Waals surface area contributed by atoms with Gasteiger partial charge in [0.05, 0.1) is 5.92 Å². The van der Waals surface area contributed by atoms with Crippen molar-refractivity contribution < 1.29 is 14.7 Å². The molecule has 0 radical (unpaired) electrons. The Morgan fingerprint density at radius 3 is 2.48 bits per heavy atom. The van der Waals surface area contributed by atoms with Gasteiger partial charge in [0, 0.05) is 12.5 Å². The van der Waals surface area contributed by atoms with Crippen LogP contribution in [0.3, 0.4) is 0 Å². The van der Waals surface area contributed by atoms with Crippen molar-refractivity contribution in [3.8, 4) is 0 Å². The van der Waals surface area contributed by atoms with E-state index in [9.17, 15) is 9.59 Å². The molecule has 2 unspecified atom stereocenters. The molecule has 0 aromatic heterocycles. The molecular formula is C16H28N2O3. The molecule has 5 nitrogen and oxygen atoms in total. The highest BCUT2D eigenvalue weighted by molar-refractivity contribution is 5.80. The van der Waals surface area contributed by atoms with E-state index in [1.807, 2.05) is 0 Å². The normalized spacial score (nSPS) is 28.2. The van der Waals surface area contributed by atoms with E-state index in [4.69, 9.17) is 5.11 Å². The number of hydrogen-bond acceptors (Lipinski definition) is 3. The number of nitrogens with one attached hydrogen (secondary N) is 1. The van der Waals surface area contributed by atoms with Gasteiger partial charge in [-0.25, -0.2) is 0 Å². The molecule has 21 heavy (non-hydrogen) atoms. The number of rotatable bonds is 5. The summed E-state index contributed by atoms with van der Waals surface area (Å²) in [7, 11) is 2.15. The summed E-state index contributed by atoms with van der Waals surface area (Å²) in [5.41, 5.74) is 0. The molecule has 0 spiro atoms. The van der Waals surface area contributed by atoms with E-state index < -0.39 is 5.97 Å². The van der Waals surface area contributed by atoms with Gasteiger partial charge in [-0.1, -0.05) is 6.42 Å². The van der Waals surface area contributed by atoms with Crippen LogP contribution in [-0.2, 0) is 9.59 Å². The lowest BCUT2D eigenvalue weighted by Crippen LogP contribution is -2.37. The number of aliphatic carboxylic acids is 1. The number of piperidine rings is 1. The van der Waals surface area contributed by atoms with Crippen molar-refractivity contribution in [1.82, 2.24) is 10.2 Å². The van der Waals surface area contributed by atoms with Crippen LogP contribution in [0.5, 0.6) is 0 Å². The van der Waals surface area contributed by atoms with Gasteiger partial charge in [0.2, 0.25) is 5.91 Å². The van der Waals surface area contributed by atoms with E-state index in [1.54, 1.807) is 0 Å². The van der Waals surface area contributed by atoms with Gasteiger partial charge in [-0.2, -0.15) is 0 Å². The maximum atomic E-state index is 12.1. The predicted molar refractivity (Wildman–Crippen MR) is 80.9 cm³/mol. The summed E-state index contributed by atoms with van der Waals surface area (Å²) in [6, 6.07) is 0. The molecule has 2 fully saturated rings. The zero-order chi connectivity index (χ0) is 15.2. The Balaban J connectivity index is 1.66. The zero-order valence-electron chi connectivity index (χ0n) is 13.0. The summed E-state index contributed by atoms with van der Waals surface area (Å²) in [4.78, 5) is 25.5. The molecule has 0 aromatic carbocycles. The first-order valence-corrected chi connectivity index (χ1v) is 8.25. The standard InChI is InChI=1S/C16H28N2O3/c1-18-9-6-12(7-10-18)5-8-17-15(19)13-3-2-4-14(11-13)16(20)21/h12-14H,2-11H2,1H3,(H,17,19)(H,20,21). The van der Waals surface area contributed by atoms with E-state index in [0.717, 1.165) is 44.8 Å². The molecule has 1 saturated carbocycles. The molecule has 1 aliphatic carbocycles. The Morgan fingerprint density at radius 2 is 1.81 bits per heavy atom. The second-order valence-corrected chi connectivity index (χ2v) is 6.73. The van der Waals surface area contributed by atoms with Gasteiger partial charge in [-0.3, -0.25) is 9.59 Å². The Bertz CT molecular complexity index is 365. The number of carbonyl (C=O) groups excluding carboxylic acids is 1. The summed E-state index contributed by atoms with van der Waals surface area (Å²) in [5.74, 6) is -0.395. The van der Waals surface area contributed by atoms with Crippen LogP contribution >= 0.6 is 0 Å². The quantitative estimate of drug-likeness (QED) is 0.810. The molecular weight excluding hydrogens is 268 g/mol. The van der Waals surface area contributed by atoms with Gasteiger partial charge in [-0.05, 0) is 64.6 Å². The van der Waals surface area contributed by atoms with Crippen molar-refractivity contribution >= 4 is 11.9 Å². The van der Waals surface area contributed by atoms with Crippen molar-refractivity contribution in [3.05, 3.63) is 0 Å². The molecule has 120 valence electrons. The lowest BCUT2D eigenvalue weighted by molar-refractivity contribution is -0.144. The fourth-order valence-electron chi connectivity index (χ4n) is 3.55. The van der Waals surface area contributed by atoms with E-state index in [0.29, 0.717) is 12.8 Å². The van der Waals surface area contributed by atoms with Gasteiger partial charge in [0.1, 0.15) is 0 Å². The Kier molecular flexibility index (Phi) is 6.03. The van der Waals surface area contributed by atoms with Crippen molar-refractivity contribution in [1.29, 1.82) is 0 Å². The summed E-state index contributed by atoms with van der Waals surface area (Å²) in [6.45, 7) is 3.05. The second-order valence-electron chi connectivity index (χ2n) is 6.73. The highest BCUT2D eigenvalue weighted by Gasteiger charge is 2.30. The molecule has 5 heteroatoms. The second kappa shape index (κ2) is 7.78. The molecule has 1 heterocycles. The molecule has 2 atom stereocenters. The number of carboxylic acid groups (broad SMARTS) is 1. The van der Waals surface area contributed by atoms with E-state index in [1.165, 1.54) is 12.8 Å². The minimum absolute atomic E-state index is 0.0638. The summed E-state index contributed by atoms with van der Waals surface area (Å²) < 4.78 is 0. The molecule has 2 N–H and O–H groups in total. The third-order valence-electron chi connectivity index (χ3n) is 5.08. The fraction of sp³-hybridized carbons (Fsp3) is 0.875. The molecule has 2 rings (SSSR count). The lowest BCUT2D eigenvalue weighted by atomic mass is 9.81. The van der Waals surface area contributed by atoms with Crippen LogP contribution in [0.1, 0.15) is 44.9 Å². The molecule has 1 saturated heterocycles. The van der Waals surface area contributed by atoms with Crippen LogP contribution in [-0.4, -0.2) is 48.6 Å². The number of carbonyl (C=O) groups is 2. The first kappa shape index (κ1) is 16.3. The average molecular weight is 296 g/mol. The topological polar surface area (TPSA) is 69.6 Å². The number of nitrogens with zero attached hydrogens (tertiary/aromatic N) is 1. The van der Waals surface area contributed by atoms with Crippen LogP contribution in [0.4, 0.5) is 0 Å². The van der Waals surface area contributed by atoms with Crippen LogP contribution < -0.4 is 5.32 Å². The van der Waals surface area contributed by atoms with Crippen molar-refractivity contribution in [2.75, 3.05) is 26.7 Å². The van der Waals surface area contributed by atoms with Gasteiger partial charge >= 0.3 is 5.97 Å². The average Bonchev–Trinajstić information content (AvgIpc) is 2.49. The molecule has 2 aliphatic rings. The number of amides is 1. The predicted octanol–water partition coefficient (Wildman–Crippen LogP) is 1.73. The number of likely N-dealkylation sites (tertiary alicyclic amines) is 1. The molecule has 1 aliphatic heterocycles. The van der Waals surface area contributed by atoms with Gasteiger partial charge < -0.3 is 15.3 Å². The first-order chi connectivity index (χ1) is 10.1. The van der Waals surface area contributed by atoms with Gasteiger partial charge in [-0.15, -0.1) is 0 Å². The van der Waals surface area contributed by atoms with Crippen molar-refractivity contribution in [2.24, 2.45) is 17.8 Å². The molecule has 0 aromatic rings. The monoisotopic (exact) mass is 296 g/mol. The minimum Gasteiger partial charge on any atom is -0.481 e. The summed E-state index contributed by atoms with van der Waals surface area (Å²) in [5, 5.41) is 12.1. The maximum absolute atomic E-state index is 12.1.